The Morgan fingerprint density at radius 2 is 2.00 bits per heavy atom. The number of benzene rings is 1. The second kappa shape index (κ2) is 5.68. The van der Waals surface area contributed by atoms with Crippen molar-refractivity contribution in [1.82, 2.24) is 4.72 Å². The minimum atomic E-state index is -3.69. The van der Waals surface area contributed by atoms with Crippen LogP contribution in [-0.2, 0) is 10.0 Å². The number of nitrogens with one attached hydrogen (secondary N) is 1. The Morgan fingerprint density at radius 1 is 1.42 bits per heavy atom. The summed E-state index contributed by atoms with van der Waals surface area (Å²) in [6.07, 6.45) is 0.667. The first kappa shape index (κ1) is 16.3. The summed E-state index contributed by atoms with van der Waals surface area (Å²) in [5.41, 5.74) is 5.55. The van der Waals surface area contributed by atoms with E-state index in [2.05, 4.69) is 20.7 Å². The number of halogens is 1. The van der Waals surface area contributed by atoms with Crippen molar-refractivity contribution in [2.24, 2.45) is 0 Å². The molecule has 1 rings (SSSR count). The fraction of sp³-hybridized carbons (Fsp3) is 0.500. The van der Waals surface area contributed by atoms with Crippen LogP contribution >= 0.6 is 15.9 Å². The predicted molar refractivity (Wildman–Crippen MR) is 79.8 cm³/mol. The van der Waals surface area contributed by atoms with Gasteiger partial charge in [0.25, 0.3) is 0 Å². The summed E-state index contributed by atoms with van der Waals surface area (Å²) in [6.45, 7) is 5.55. The third kappa shape index (κ3) is 3.84. The van der Waals surface area contributed by atoms with Crippen molar-refractivity contribution in [2.45, 2.75) is 37.6 Å². The Kier molecular flexibility index (Phi) is 4.86. The number of nitrogen functional groups attached to an aromatic ring is 1. The molecule has 7 heteroatoms. The SMILES string of the molecule is CCC(C)(C)NS(=O)(=O)c1cc(N)c(Br)cc1OC. The lowest BCUT2D eigenvalue weighted by Gasteiger charge is -2.24. The molecule has 19 heavy (non-hydrogen) atoms. The molecule has 0 aliphatic heterocycles. The Bertz CT molecular complexity index is 571. The van der Waals surface area contributed by atoms with Gasteiger partial charge in [-0.15, -0.1) is 0 Å². The number of hydrogen-bond donors (Lipinski definition) is 2. The molecule has 0 aliphatic carbocycles. The van der Waals surface area contributed by atoms with Crippen LogP contribution in [0.3, 0.4) is 0 Å². The zero-order valence-corrected chi connectivity index (χ0v) is 13.9. The van der Waals surface area contributed by atoms with Crippen molar-refractivity contribution in [3.63, 3.8) is 0 Å². The average Bonchev–Trinajstić information content (AvgIpc) is 2.30. The highest BCUT2D eigenvalue weighted by Gasteiger charge is 2.27. The monoisotopic (exact) mass is 350 g/mol. The van der Waals surface area contributed by atoms with Crippen LogP contribution < -0.4 is 15.2 Å². The number of methoxy groups -OCH3 is 1. The second-order valence-corrected chi connectivity index (χ2v) is 7.37. The lowest BCUT2D eigenvalue weighted by atomic mass is 10.0. The van der Waals surface area contributed by atoms with Gasteiger partial charge in [-0.05, 0) is 48.3 Å². The summed E-state index contributed by atoms with van der Waals surface area (Å²) in [5, 5.41) is 0. The molecule has 3 N–H and O–H groups in total. The lowest BCUT2D eigenvalue weighted by molar-refractivity contribution is 0.399. The summed E-state index contributed by atoms with van der Waals surface area (Å²) < 4.78 is 33.1. The predicted octanol–water partition coefficient (Wildman–Crippen LogP) is 2.51. The molecule has 5 nitrogen and oxygen atoms in total. The van der Waals surface area contributed by atoms with Gasteiger partial charge in [0.15, 0.2) is 0 Å². The van der Waals surface area contributed by atoms with E-state index in [4.69, 9.17) is 10.5 Å². The molecule has 0 saturated heterocycles. The molecule has 0 unspecified atom stereocenters. The first-order valence-corrected chi connectivity index (χ1v) is 8.07. The van der Waals surface area contributed by atoms with E-state index in [1.807, 2.05) is 20.8 Å². The van der Waals surface area contributed by atoms with Crippen molar-refractivity contribution < 1.29 is 13.2 Å². The van der Waals surface area contributed by atoms with Gasteiger partial charge in [0, 0.05) is 15.7 Å². The number of hydrogen-bond acceptors (Lipinski definition) is 4. The molecule has 108 valence electrons. The van der Waals surface area contributed by atoms with Gasteiger partial charge >= 0.3 is 0 Å². The van der Waals surface area contributed by atoms with Gasteiger partial charge < -0.3 is 10.5 Å². The van der Waals surface area contributed by atoms with Crippen LogP contribution in [0.15, 0.2) is 21.5 Å². The molecule has 0 radical (unpaired) electrons. The number of ether oxygens (including phenoxy) is 1. The molecule has 0 amide bonds. The van der Waals surface area contributed by atoms with E-state index in [1.165, 1.54) is 13.2 Å². The van der Waals surface area contributed by atoms with Gasteiger partial charge in [0.2, 0.25) is 10.0 Å². The van der Waals surface area contributed by atoms with Crippen molar-refractivity contribution in [1.29, 1.82) is 0 Å². The quantitative estimate of drug-likeness (QED) is 0.799. The molecule has 0 aromatic heterocycles. The van der Waals surface area contributed by atoms with Gasteiger partial charge in [-0.3, -0.25) is 0 Å². The topological polar surface area (TPSA) is 81.4 Å². The molecular weight excluding hydrogens is 332 g/mol. The third-order valence-corrected chi connectivity index (χ3v) is 5.27. The second-order valence-electron chi connectivity index (χ2n) is 4.87. The van der Waals surface area contributed by atoms with Crippen LogP contribution in [0, 0.1) is 0 Å². The zero-order valence-electron chi connectivity index (χ0n) is 11.5. The summed E-state index contributed by atoms with van der Waals surface area (Å²) in [7, 11) is -2.27. The van der Waals surface area contributed by atoms with Crippen LogP contribution in [-0.4, -0.2) is 21.1 Å². The Hall–Kier alpha value is -0.790. The smallest absolute Gasteiger partial charge is 0.244 e. The molecule has 0 saturated carbocycles. The molecule has 0 atom stereocenters. The molecule has 0 spiro atoms. The molecule has 0 fully saturated rings. The van der Waals surface area contributed by atoms with Crippen molar-refractivity contribution in [3.05, 3.63) is 16.6 Å². The van der Waals surface area contributed by atoms with Crippen LogP contribution in [0.1, 0.15) is 27.2 Å². The van der Waals surface area contributed by atoms with Crippen LogP contribution in [0.4, 0.5) is 5.69 Å². The Labute approximate surface area is 122 Å². The number of rotatable bonds is 5. The highest BCUT2D eigenvalue weighted by Crippen LogP contribution is 2.32. The maximum absolute atomic E-state index is 12.4. The molecule has 0 bridgehead atoms. The summed E-state index contributed by atoms with van der Waals surface area (Å²) in [6, 6.07) is 2.93. The van der Waals surface area contributed by atoms with Crippen LogP contribution in [0.25, 0.3) is 0 Å². The van der Waals surface area contributed by atoms with E-state index in [0.29, 0.717) is 16.6 Å². The van der Waals surface area contributed by atoms with E-state index in [-0.39, 0.29) is 10.6 Å². The molecule has 0 heterocycles. The summed E-state index contributed by atoms with van der Waals surface area (Å²) in [5.74, 6) is 0.250. The first-order valence-electron chi connectivity index (χ1n) is 5.80. The minimum Gasteiger partial charge on any atom is -0.495 e. The largest absolute Gasteiger partial charge is 0.495 e. The van der Waals surface area contributed by atoms with Gasteiger partial charge in [0.05, 0.1) is 7.11 Å². The standard InChI is InChI=1S/C12H19BrN2O3S/c1-5-12(2,3)15-19(16,17)11-7-9(14)8(13)6-10(11)18-4/h6-7,15H,5,14H2,1-4H3. The zero-order chi connectivity index (χ0) is 14.8. The fourth-order valence-electron chi connectivity index (χ4n) is 1.41. The average molecular weight is 351 g/mol. The van der Waals surface area contributed by atoms with Crippen LogP contribution in [0.2, 0.25) is 0 Å². The lowest BCUT2D eigenvalue weighted by Crippen LogP contribution is -2.42. The molecule has 1 aromatic rings. The number of anilines is 1. The van der Waals surface area contributed by atoms with Crippen molar-refractivity contribution in [3.8, 4) is 5.75 Å². The molecule has 1 aromatic carbocycles. The minimum absolute atomic E-state index is 0.0391. The van der Waals surface area contributed by atoms with Gasteiger partial charge in [0.1, 0.15) is 10.6 Å². The van der Waals surface area contributed by atoms with Crippen molar-refractivity contribution >= 4 is 31.6 Å². The fourth-order valence-corrected chi connectivity index (χ4v) is 3.40. The maximum Gasteiger partial charge on any atom is 0.244 e. The van der Waals surface area contributed by atoms with E-state index < -0.39 is 15.6 Å². The van der Waals surface area contributed by atoms with E-state index in [0.717, 1.165) is 0 Å². The number of nitrogens with two attached hydrogens (primary N) is 1. The molecular formula is C12H19BrN2O3S. The van der Waals surface area contributed by atoms with E-state index >= 15 is 0 Å². The third-order valence-electron chi connectivity index (χ3n) is 2.87. The van der Waals surface area contributed by atoms with Crippen LogP contribution in [0.5, 0.6) is 5.75 Å². The first-order chi connectivity index (χ1) is 8.63. The maximum atomic E-state index is 12.4. The Morgan fingerprint density at radius 3 is 2.47 bits per heavy atom. The van der Waals surface area contributed by atoms with E-state index in [1.54, 1.807) is 6.07 Å². The normalized spacial score (nSPS) is 12.5. The van der Waals surface area contributed by atoms with Gasteiger partial charge in [-0.1, -0.05) is 6.92 Å². The van der Waals surface area contributed by atoms with Gasteiger partial charge in [-0.25, -0.2) is 13.1 Å². The van der Waals surface area contributed by atoms with E-state index in [9.17, 15) is 8.42 Å². The summed E-state index contributed by atoms with van der Waals surface area (Å²) >= 11 is 3.24. The summed E-state index contributed by atoms with van der Waals surface area (Å²) in [4.78, 5) is 0.0391. The van der Waals surface area contributed by atoms with Gasteiger partial charge in [-0.2, -0.15) is 0 Å². The molecule has 0 aliphatic rings. The highest BCUT2D eigenvalue weighted by molar-refractivity contribution is 9.10. The highest BCUT2D eigenvalue weighted by atomic mass is 79.9. The number of sulfonamides is 1. The Balaban J connectivity index is 3.32. The van der Waals surface area contributed by atoms with Crippen molar-refractivity contribution in [2.75, 3.05) is 12.8 Å².